The van der Waals surface area contributed by atoms with Crippen molar-refractivity contribution in [3.63, 3.8) is 0 Å². The summed E-state index contributed by atoms with van der Waals surface area (Å²) in [6.45, 7) is 0. The van der Waals surface area contributed by atoms with Gasteiger partial charge in [0.05, 0.1) is 4.92 Å². The normalized spacial score (nSPS) is 9.83. The van der Waals surface area contributed by atoms with Crippen LogP contribution in [-0.2, 0) is 0 Å². The fraction of sp³-hybridized carbons (Fsp3) is 0. The second kappa shape index (κ2) is 3.12. The molecular weight excluding hydrogens is 207 g/mol. The summed E-state index contributed by atoms with van der Waals surface area (Å²) < 4.78 is 0.486. The molecule has 0 aliphatic heterocycles. The first-order chi connectivity index (χ1) is 5.54. The summed E-state index contributed by atoms with van der Waals surface area (Å²) in [5.74, 6) is 0. The van der Waals surface area contributed by atoms with Crippen molar-refractivity contribution < 1.29 is 4.92 Å². The van der Waals surface area contributed by atoms with E-state index in [0.717, 1.165) is 12.1 Å². The number of halogens is 2. The van der Waals surface area contributed by atoms with Crippen LogP contribution >= 0.6 is 23.4 Å². The lowest BCUT2D eigenvalue weighted by Crippen LogP contribution is -2.12. The Bertz CT molecular complexity index is 387. The average molecular weight is 209 g/mol. The van der Waals surface area contributed by atoms with Crippen LogP contribution in [0.2, 0.25) is 5.15 Å². The Kier molecular flexibility index (Phi) is 2.35. The van der Waals surface area contributed by atoms with Crippen molar-refractivity contribution in [3.8, 4) is 0 Å². The third-order valence-corrected chi connectivity index (χ3v) is 1.94. The molecule has 12 heavy (non-hydrogen) atoms. The first-order valence-electron chi connectivity index (χ1n) is 2.76. The molecule has 0 aromatic carbocycles. The highest BCUT2D eigenvalue weighted by molar-refractivity contribution is 6.34. The van der Waals surface area contributed by atoms with E-state index < -0.39 is 21.3 Å². The van der Waals surface area contributed by atoms with E-state index in [1.807, 2.05) is 0 Å². The minimum atomic E-state index is -0.722. The summed E-state index contributed by atoms with van der Waals surface area (Å²) >= 11 is 10.7. The summed E-state index contributed by atoms with van der Waals surface area (Å²) in [5.41, 5.74) is -1.00. The van der Waals surface area contributed by atoms with Gasteiger partial charge in [0, 0.05) is 23.9 Å². The predicted molar refractivity (Wildman–Crippen MR) is 43.6 cm³/mol. The minimum absolute atomic E-state index is 0.394. The molecular formula is C5H2Cl2N2O3. The summed E-state index contributed by atoms with van der Waals surface area (Å²) in [5, 5.41) is 9.84. The highest BCUT2D eigenvalue weighted by Gasteiger charge is 2.15. The van der Waals surface area contributed by atoms with Gasteiger partial charge in [-0.1, -0.05) is 11.6 Å². The first kappa shape index (κ1) is 9.02. The van der Waals surface area contributed by atoms with Crippen molar-refractivity contribution in [2.24, 2.45) is 0 Å². The standard InChI is InChI=1S/C5H2Cl2N2O3/c6-5-3(9(11)12)1-2-4(10)8(5)7/h1-2H. The van der Waals surface area contributed by atoms with Crippen LogP contribution in [0.15, 0.2) is 16.9 Å². The predicted octanol–water partition coefficient (Wildman–Crippen LogP) is 1.41. The van der Waals surface area contributed by atoms with Gasteiger partial charge in [0.2, 0.25) is 5.15 Å². The molecule has 0 bridgehead atoms. The molecule has 0 amide bonds. The van der Waals surface area contributed by atoms with Gasteiger partial charge in [0.15, 0.2) is 0 Å². The van der Waals surface area contributed by atoms with E-state index in [1.165, 1.54) is 0 Å². The smallest absolute Gasteiger partial charge is 0.268 e. The second-order valence-corrected chi connectivity index (χ2v) is 2.58. The highest BCUT2D eigenvalue weighted by Crippen LogP contribution is 2.21. The van der Waals surface area contributed by atoms with Crippen LogP contribution in [0.25, 0.3) is 0 Å². The van der Waals surface area contributed by atoms with Crippen LogP contribution in [-0.4, -0.2) is 9.01 Å². The third kappa shape index (κ3) is 1.41. The molecule has 0 atom stereocenters. The van der Waals surface area contributed by atoms with Crippen molar-refractivity contribution in [1.82, 2.24) is 4.09 Å². The minimum Gasteiger partial charge on any atom is -0.268 e. The fourth-order valence-corrected chi connectivity index (χ4v) is 0.976. The van der Waals surface area contributed by atoms with Crippen LogP contribution in [0, 0.1) is 10.1 Å². The van der Waals surface area contributed by atoms with Crippen molar-refractivity contribution in [1.29, 1.82) is 0 Å². The van der Waals surface area contributed by atoms with E-state index >= 15 is 0 Å². The molecule has 0 unspecified atom stereocenters. The van der Waals surface area contributed by atoms with Crippen molar-refractivity contribution >= 4 is 29.1 Å². The van der Waals surface area contributed by atoms with E-state index in [4.69, 9.17) is 23.4 Å². The van der Waals surface area contributed by atoms with Crippen LogP contribution in [0.5, 0.6) is 0 Å². The van der Waals surface area contributed by atoms with E-state index in [2.05, 4.69) is 0 Å². The van der Waals surface area contributed by atoms with E-state index in [1.54, 1.807) is 0 Å². The van der Waals surface area contributed by atoms with Gasteiger partial charge in [-0.2, -0.15) is 0 Å². The molecule has 0 N–H and O–H groups in total. The summed E-state index contributed by atoms with van der Waals surface area (Å²) in [4.78, 5) is 20.2. The van der Waals surface area contributed by atoms with Gasteiger partial charge in [-0.15, -0.1) is 0 Å². The number of pyridine rings is 1. The van der Waals surface area contributed by atoms with Crippen molar-refractivity contribution in [3.05, 3.63) is 37.8 Å². The molecule has 0 radical (unpaired) electrons. The van der Waals surface area contributed by atoms with E-state index in [-0.39, 0.29) is 0 Å². The zero-order chi connectivity index (χ0) is 9.30. The Balaban J connectivity index is 3.47. The molecule has 0 saturated heterocycles. The summed E-state index contributed by atoms with van der Waals surface area (Å²) in [7, 11) is 0. The Morgan fingerprint density at radius 3 is 2.58 bits per heavy atom. The lowest BCUT2D eigenvalue weighted by molar-refractivity contribution is -0.385. The van der Waals surface area contributed by atoms with Crippen LogP contribution < -0.4 is 5.56 Å². The monoisotopic (exact) mass is 208 g/mol. The molecule has 0 aliphatic rings. The lowest BCUT2D eigenvalue weighted by atomic mass is 10.4. The number of nitro groups is 1. The molecule has 0 spiro atoms. The zero-order valence-corrected chi connectivity index (χ0v) is 7.04. The fourth-order valence-electron chi connectivity index (χ4n) is 0.618. The molecule has 7 heteroatoms. The van der Waals surface area contributed by atoms with Gasteiger partial charge in [-0.3, -0.25) is 14.9 Å². The van der Waals surface area contributed by atoms with E-state index in [9.17, 15) is 14.9 Å². The molecule has 5 nitrogen and oxygen atoms in total. The molecule has 1 aromatic heterocycles. The Hall–Kier alpha value is -1.07. The maximum Gasteiger partial charge on any atom is 0.306 e. The third-order valence-electron chi connectivity index (χ3n) is 1.16. The van der Waals surface area contributed by atoms with Gasteiger partial charge in [-0.25, -0.2) is 4.09 Å². The number of hydrogen-bond acceptors (Lipinski definition) is 3. The quantitative estimate of drug-likeness (QED) is 0.399. The van der Waals surface area contributed by atoms with Crippen LogP contribution in [0.3, 0.4) is 0 Å². The molecule has 1 aromatic rings. The number of nitrogens with zero attached hydrogens (tertiary/aromatic N) is 2. The molecule has 64 valence electrons. The highest BCUT2D eigenvalue weighted by atomic mass is 35.5. The number of hydrogen-bond donors (Lipinski definition) is 0. The number of rotatable bonds is 1. The van der Waals surface area contributed by atoms with Gasteiger partial charge in [-0.05, 0) is 0 Å². The zero-order valence-electron chi connectivity index (χ0n) is 5.53. The molecule has 0 fully saturated rings. The molecule has 1 rings (SSSR count). The molecule has 1 heterocycles. The Labute approximate surface area is 76.4 Å². The maximum absolute atomic E-state index is 10.7. The largest absolute Gasteiger partial charge is 0.306 e. The molecule has 0 aliphatic carbocycles. The van der Waals surface area contributed by atoms with Gasteiger partial charge >= 0.3 is 5.69 Å². The van der Waals surface area contributed by atoms with Crippen LogP contribution in [0.1, 0.15) is 0 Å². The summed E-state index contributed by atoms with van der Waals surface area (Å²) in [6, 6.07) is 1.97. The Morgan fingerprint density at radius 2 is 2.08 bits per heavy atom. The lowest BCUT2D eigenvalue weighted by Gasteiger charge is -1.96. The van der Waals surface area contributed by atoms with Crippen molar-refractivity contribution in [2.75, 3.05) is 0 Å². The SMILES string of the molecule is O=c1ccc([N+](=O)[O-])c(Cl)n1Cl. The molecule has 0 saturated carbocycles. The first-order valence-corrected chi connectivity index (χ1v) is 3.47. The Morgan fingerprint density at radius 1 is 1.50 bits per heavy atom. The van der Waals surface area contributed by atoms with Crippen molar-refractivity contribution in [2.45, 2.75) is 0 Å². The van der Waals surface area contributed by atoms with Crippen LogP contribution in [0.4, 0.5) is 5.69 Å². The summed E-state index contributed by atoms with van der Waals surface area (Å²) in [6.07, 6.45) is 0. The average Bonchev–Trinajstić information content (AvgIpc) is 2.00. The maximum atomic E-state index is 10.7. The second-order valence-electron chi connectivity index (χ2n) is 1.89. The van der Waals surface area contributed by atoms with Gasteiger partial charge < -0.3 is 0 Å². The van der Waals surface area contributed by atoms with Gasteiger partial charge in [0.1, 0.15) is 0 Å². The number of aromatic nitrogens is 1. The van der Waals surface area contributed by atoms with Gasteiger partial charge in [0.25, 0.3) is 5.56 Å². The van der Waals surface area contributed by atoms with E-state index in [0.29, 0.717) is 4.09 Å². The topological polar surface area (TPSA) is 65.1 Å².